The van der Waals surface area contributed by atoms with Crippen LogP contribution in [0.15, 0.2) is 43.0 Å². The molecule has 2 atom stereocenters. The van der Waals surface area contributed by atoms with Gasteiger partial charge in [-0.15, -0.1) is 0 Å². The SMILES string of the molecule is C.C.C[C@@H]1Cc2ncnc(N3CCC(S(C)(=O)=O)CC3)c2CN1.C[C@@H]1Cc2ncnc(N3CCC(S(C)(=O)=O)CC3)c2CN1Cc1ccccc1. The van der Waals surface area contributed by atoms with Gasteiger partial charge in [-0.2, -0.15) is 0 Å². The molecule has 0 amide bonds. The van der Waals surface area contributed by atoms with Crippen molar-refractivity contribution in [3.8, 4) is 0 Å². The van der Waals surface area contributed by atoms with E-state index in [2.05, 4.69) is 78.1 Å². The quantitative estimate of drug-likeness (QED) is 0.387. The van der Waals surface area contributed by atoms with Gasteiger partial charge in [-0.3, -0.25) is 4.90 Å². The van der Waals surface area contributed by atoms with Crippen LogP contribution in [0.25, 0.3) is 0 Å². The second-order valence-electron chi connectivity index (χ2n) is 14.2. The maximum atomic E-state index is 11.9. The summed E-state index contributed by atoms with van der Waals surface area (Å²) in [5.41, 5.74) is 5.94. The molecule has 51 heavy (non-hydrogen) atoms. The minimum Gasteiger partial charge on any atom is -0.356 e. The number of rotatable bonds is 6. The molecule has 0 saturated carbocycles. The summed E-state index contributed by atoms with van der Waals surface area (Å²) in [6.07, 6.45) is 10.5. The lowest BCUT2D eigenvalue weighted by atomic mass is 9.98. The first-order chi connectivity index (χ1) is 23.4. The molecule has 12 nitrogen and oxygen atoms in total. The van der Waals surface area contributed by atoms with E-state index < -0.39 is 19.7 Å². The first-order valence-corrected chi connectivity index (χ1v) is 21.3. The summed E-state index contributed by atoms with van der Waals surface area (Å²) in [5.74, 6) is 1.97. The number of fused-ring (bicyclic) bond motifs is 2. The second-order valence-corrected chi connectivity index (χ2v) is 18.9. The van der Waals surface area contributed by atoms with Crippen molar-refractivity contribution in [3.63, 3.8) is 0 Å². The van der Waals surface area contributed by atoms with Crippen molar-refractivity contribution in [2.75, 3.05) is 48.5 Å². The molecule has 1 aromatic carbocycles. The summed E-state index contributed by atoms with van der Waals surface area (Å²) < 4.78 is 47.0. The molecule has 3 aromatic rings. The van der Waals surface area contributed by atoms with Crippen LogP contribution in [0.5, 0.6) is 0 Å². The highest BCUT2D eigenvalue weighted by atomic mass is 32.2. The van der Waals surface area contributed by atoms with Crippen LogP contribution >= 0.6 is 0 Å². The standard InChI is InChI=1S/C21H28N4O2S.C14H22N4O2S.2CH4/c1-16-12-20-19(14-25(16)13-17-6-4-3-5-7-17)21(23-15-22-20)24-10-8-18(9-11-24)28(2,26)27;1-10-7-13-12(8-15-10)14(17-9-16-13)18-5-3-11(4-6-18)21(2,19)20;;/h3-7,15-16,18H,8-14H2,1-2H3;9-11,15H,3-8H2,1-2H3;2*1H4/t16-;10-;;/m11../s1. The summed E-state index contributed by atoms with van der Waals surface area (Å²) in [6, 6.07) is 11.4. The normalized spacial score (nSPS) is 21.6. The summed E-state index contributed by atoms with van der Waals surface area (Å²) in [6.45, 7) is 9.89. The Morgan fingerprint density at radius 2 is 1.20 bits per heavy atom. The van der Waals surface area contributed by atoms with Crippen LogP contribution in [0.3, 0.4) is 0 Å². The van der Waals surface area contributed by atoms with E-state index in [9.17, 15) is 16.8 Å². The molecule has 0 bridgehead atoms. The van der Waals surface area contributed by atoms with E-state index in [0.29, 0.717) is 37.8 Å². The van der Waals surface area contributed by atoms with Gasteiger partial charge in [0.05, 0.1) is 21.9 Å². The Labute approximate surface area is 306 Å². The van der Waals surface area contributed by atoms with E-state index in [1.807, 2.05) is 6.07 Å². The van der Waals surface area contributed by atoms with E-state index >= 15 is 0 Å². The average Bonchev–Trinajstić information content (AvgIpc) is 3.08. The molecule has 4 aliphatic rings. The molecule has 0 radical (unpaired) electrons. The number of aromatic nitrogens is 4. The van der Waals surface area contributed by atoms with Crippen molar-refractivity contribution in [1.29, 1.82) is 0 Å². The fourth-order valence-corrected chi connectivity index (χ4v) is 9.68. The maximum absolute atomic E-state index is 11.9. The zero-order valence-corrected chi connectivity index (χ0v) is 30.8. The van der Waals surface area contributed by atoms with Gasteiger partial charge in [0.2, 0.25) is 0 Å². The van der Waals surface area contributed by atoms with Crippen LogP contribution in [-0.2, 0) is 52.2 Å². The number of sulfone groups is 2. The lowest BCUT2D eigenvalue weighted by Gasteiger charge is -2.38. The first kappa shape index (κ1) is 40.6. The molecule has 282 valence electrons. The molecule has 7 rings (SSSR count). The van der Waals surface area contributed by atoms with Gasteiger partial charge in [0.25, 0.3) is 0 Å². The molecule has 2 aromatic heterocycles. The van der Waals surface area contributed by atoms with Crippen LogP contribution in [0.1, 0.15) is 82.5 Å². The molecule has 4 aliphatic heterocycles. The molecule has 0 aliphatic carbocycles. The van der Waals surface area contributed by atoms with Crippen molar-refractivity contribution < 1.29 is 16.8 Å². The maximum Gasteiger partial charge on any atom is 0.150 e. The third-order valence-corrected chi connectivity index (χ3v) is 13.9. The molecule has 6 heterocycles. The van der Waals surface area contributed by atoms with Gasteiger partial charge >= 0.3 is 0 Å². The predicted octanol–water partition coefficient (Wildman–Crippen LogP) is 4.23. The summed E-state index contributed by atoms with van der Waals surface area (Å²) in [4.78, 5) is 25.0. The summed E-state index contributed by atoms with van der Waals surface area (Å²) in [7, 11) is -5.90. The number of hydrogen-bond acceptors (Lipinski definition) is 12. The van der Waals surface area contributed by atoms with Crippen molar-refractivity contribution in [2.45, 2.75) is 109 Å². The molecule has 2 saturated heterocycles. The Hall–Kier alpha value is -3.20. The lowest BCUT2D eigenvalue weighted by molar-refractivity contribution is 0.173. The third kappa shape index (κ3) is 9.82. The lowest BCUT2D eigenvalue weighted by Crippen LogP contribution is -2.42. The number of anilines is 2. The number of piperidine rings is 2. The van der Waals surface area contributed by atoms with Gasteiger partial charge in [0, 0.05) is 94.4 Å². The smallest absolute Gasteiger partial charge is 0.150 e. The number of nitrogens with one attached hydrogen (secondary N) is 1. The van der Waals surface area contributed by atoms with Crippen molar-refractivity contribution in [1.82, 2.24) is 30.2 Å². The van der Waals surface area contributed by atoms with Crippen LogP contribution in [0.2, 0.25) is 0 Å². The van der Waals surface area contributed by atoms with Crippen LogP contribution < -0.4 is 15.1 Å². The fourth-order valence-electron chi connectivity index (χ4n) is 7.54. The topological polar surface area (TPSA) is 142 Å². The Morgan fingerprint density at radius 1 is 0.706 bits per heavy atom. The highest BCUT2D eigenvalue weighted by molar-refractivity contribution is 7.91. The van der Waals surface area contributed by atoms with E-state index in [4.69, 9.17) is 0 Å². The van der Waals surface area contributed by atoms with Crippen molar-refractivity contribution >= 4 is 31.3 Å². The van der Waals surface area contributed by atoms with Crippen LogP contribution in [-0.4, -0.2) is 103 Å². The Morgan fingerprint density at radius 3 is 1.71 bits per heavy atom. The average molecular weight is 743 g/mol. The van der Waals surface area contributed by atoms with Gasteiger partial charge in [0.15, 0.2) is 0 Å². The zero-order chi connectivity index (χ0) is 34.8. The largest absolute Gasteiger partial charge is 0.356 e. The highest BCUT2D eigenvalue weighted by Crippen LogP contribution is 2.32. The molecule has 1 N–H and O–H groups in total. The second kappa shape index (κ2) is 17.1. The zero-order valence-electron chi connectivity index (χ0n) is 29.1. The minimum absolute atomic E-state index is 0. The Bertz CT molecular complexity index is 1810. The molecular formula is C37H58N8O4S2. The predicted molar refractivity (Wildman–Crippen MR) is 207 cm³/mol. The van der Waals surface area contributed by atoms with Gasteiger partial charge in [-0.05, 0) is 45.1 Å². The first-order valence-electron chi connectivity index (χ1n) is 17.4. The van der Waals surface area contributed by atoms with Crippen LogP contribution in [0, 0.1) is 0 Å². The molecular weight excluding hydrogens is 685 g/mol. The van der Waals surface area contributed by atoms with E-state index in [0.717, 1.165) is 81.7 Å². The van der Waals surface area contributed by atoms with Gasteiger partial charge in [-0.25, -0.2) is 36.8 Å². The number of benzene rings is 1. The van der Waals surface area contributed by atoms with Gasteiger partial charge < -0.3 is 15.1 Å². The van der Waals surface area contributed by atoms with Crippen LogP contribution in [0.4, 0.5) is 11.6 Å². The molecule has 14 heteroatoms. The van der Waals surface area contributed by atoms with E-state index in [1.54, 1.807) is 12.7 Å². The van der Waals surface area contributed by atoms with Gasteiger partial charge in [0.1, 0.15) is 44.0 Å². The molecule has 0 spiro atoms. The Balaban J connectivity index is 0.000000228. The fraction of sp³-hybridized carbons (Fsp3) is 0.622. The number of hydrogen-bond donors (Lipinski definition) is 1. The summed E-state index contributed by atoms with van der Waals surface area (Å²) >= 11 is 0. The monoisotopic (exact) mass is 742 g/mol. The number of nitrogens with zero attached hydrogens (tertiary/aromatic N) is 7. The minimum atomic E-state index is -2.97. The van der Waals surface area contributed by atoms with Gasteiger partial charge in [-0.1, -0.05) is 45.2 Å². The summed E-state index contributed by atoms with van der Waals surface area (Å²) in [5, 5.41) is 3.02. The third-order valence-electron chi connectivity index (χ3n) is 10.5. The van der Waals surface area contributed by atoms with E-state index in [1.165, 1.54) is 29.2 Å². The highest BCUT2D eigenvalue weighted by Gasteiger charge is 2.32. The molecule has 2 fully saturated rings. The Kier molecular flexibility index (Phi) is 13.6. The molecule has 0 unspecified atom stereocenters. The van der Waals surface area contributed by atoms with Crippen molar-refractivity contribution in [2.24, 2.45) is 0 Å². The van der Waals surface area contributed by atoms with Crippen molar-refractivity contribution in [3.05, 3.63) is 71.1 Å². The van der Waals surface area contributed by atoms with E-state index in [-0.39, 0.29) is 25.4 Å².